The second-order valence-corrected chi connectivity index (χ2v) is 11.9. The van der Waals surface area contributed by atoms with Gasteiger partial charge in [-0.2, -0.15) is 4.31 Å². The maximum Gasteiger partial charge on any atom is 0.246 e. The summed E-state index contributed by atoms with van der Waals surface area (Å²) in [6.45, 7) is 2.89. The number of rotatable bonds is 3. The number of amides is 2. The van der Waals surface area contributed by atoms with Gasteiger partial charge >= 0.3 is 0 Å². The van der Waals surface area contributed by atoms with Crippen LogP contribution in [0.1, 0.15) is 6.92 Å². The number of thioether (sulfide) groups is 2. The highest BCUT2D eigenvalue weighted by Crippen LogP contribution is 2.44. The van der Waals surface area contributed by atoms with E-state index in [0.29, 0.717) is 11.5 Å². The molecule has 0 aliphatic carbocycles. The molecule has 2 amide bonds. The highest BCUT2D eigenvalue weighted by Gasteiger charge is 2.52. The first-order chi connectivity index (χ1) is 13.7. The van der Waals surface area contributed by atoms with Crippen molar-refractivity contribution in [3.63, 3.8) is 0 Å². The van der Waals surface area contributed by atoms with E-state index in [0.717, 1.165) is 17.9 Å². The topological polar surface area (TPSA) is 78.0 Å². The molecule has 3 aliphatic rings. The zero-order valence-corrected chi connectivity index (χ0v) is 18.4. The summed E-state index contributed by atoms with van der Waals surface area (Å²) in [6, 6.07) is 4.25. The molecule has 3 aliphatic heterocycles. The van der Waals surface area contributed by atoms with Crippen molar-refractivity contribution in [3.8, 4) is 0 Å². The quantitative estimate of drug-likeness (QED) is 0.673. The summed E-state index contributed by atoms with van der Waals surface area (Å²) in [7, 11) is -3.73. The Labute approximate surface area is 178 Å². The van der Waals surface area contributed by atoms with Crippen molar-refractivity contribution in [2.24, 2.45) is 0 Å². The normalized spacial score (nSPS) is 28.5. The number of halogens is 1. The molecule has 1 aromatic rings. The summed E-state index contributed by atoms with van der Waals surface area (Å²) >= 11 is 3.23. The molecule has 29 heavy (non-hydrogen) atoms. The third kappa shape index (κ3) is 3.77. The van der Waals surface area contributed by atoms with Gasteiger partial charge in [0.15, 0.2) is 0 Å². The fraction of sp³-hybridized carbons (Fsp3) is 0.556. The summed E-state index contributed by atoms with van der Waals surface area (Å²) in [4.78, 5) is 28.6. The third-order valence-corrected chi connectivity index (χ3v) is 10.3. The van der Waals surface area contributed by atoms with Crippen LogP contribution in [0.15, 0.2) is 29.2 Å². The third-order valence-electron chi connectivity index (χ3n) is 5.52. The molecule has 4 rings (SSSR count). The molecule has 3 fully saturated rings. The summed E-state index contributed by atoms with van der Waals surface area (Å²) in [5.41, 5.74) is 0. The van der Waals surface area contributed by atoms with Crippen molar-refractivity contribution in [3.05, 3.63) is 30.1 Å². The van der Waals surface area contributed by atoms with Crippen LogP contribution in [0, 0.1) is 5.82 Å². The van der Waals surface area contributed by atoms with Crippen molar-refractivity contribution in [2.75, 3.05) is 43.4 Å². The van der Waals surface area contributed by atoms with Gasteiger partial charge in [0.05, 0.1) is 15.5 Å². The number of hydrogen-bond acceptors (Lipinski definition) is 6. The SMILES string of the molecule is C[C@@]12CSCC(=O)N1[C@@H](C(=O)N1CCN(S(=O)(=O)c3ccc(F)cc3)CC1)CS2. The van der Waals surface area contributed by atoms with Gasteiger partial charge in [-0.3, -0.25) is 9.59 Å². The molecule has 158 valence electrons. The Morgan fingerprint density at radius 2 is 1.83 bits per heavy atom. The molecule has 3 heterocycles. The van der Waals surface area contributed by atoms with Gasteiger partial charge in [0.25, 0.3) is 0 Å². The number of benzene rings is 1. The number of piperazine rings is 1. The molecular formula is C18H22FN3O4S3. The van der Waals surface area contributed by atoms with Crippen LogP contribution in [0.4, 0.5) is 4.39 Å². The lowest BCUT2D eigenvalue weighted by molar-refractivity contribution is -0.146. The van der Waals surface area contributed by atoms with Gasteiger partial charge in [0.1, 0.15) is 11.9 Å². The molecule has 0 aromatic heterocycles. The van der Waals surface area contributed by atoms with E-state index < -0.39 is 21.9 Å². The van der Waals surface area contributed by atoms with Crippen molar-refractivity contribution in [1.82, 2.24) is 14.1 Å². The molecule has 7 nitrogen and oxygen atoms in total. The van der Waals surface area contributed by atoms with Crippen LogP contribution in [0.25, 0.3) is 0 Å². The molecule has 0 bridgehead atoms. The molecule has 0 N–H and O–H groups in total. The Hall–Kier alpha value is -1.30. The van der Waals surface area contributed by atoms with Crippen LogP contribution in [-0.2, 0) is 19.6 Å². The fourth-order valence-electron chi connectivity index (χ4n) is 3.98. The summed E-state index contributed by atoms with van der Waals surface area (Å²) < 4.78 is 39.9. The second kappa shape index (κ2) is 7.75. The van der Waals surface area contributed by atoms with Gasteiger partial charge in [-0.25, -0.2) is 12.8 Å². The minimum Gasteiger partial charge on any atom is -0.338 e. The van der Waals surface area contributed by atoms with E-state index in [1.54, 1.807) is 33.3 Å². The number of fused-ring (bicyclic) bond motifs is 1. The van der Waals surface area contributed by atoms with Crippen molar-refractivity contribution >= 4 is 45.4 Å². The van der Waals surface area contributed by atoms with Crippen LogP contribution in [0.2, 0.25) is 0 Å². The summed E-state index contributed by atoms with van der Waals surface area (Å²) in [5.74, 6) is 1.15. The first-order valence-corrected chi connectivity index (χ1v) is 12.9. The Morgan fingerprint density at radius 1 is 1.17 bits per heavy atom. The average molecular weight is 460 g/mol. The number of carbonyl (C=O) groups is 2. The predicted molar refractivity (Wildman–Crippen MR) is 111 cm³/mol. The van der Waals surface area contributed by atoms with Crippen molar-refractivity contribution < 1.29 is 22.4 Å². The second-order valence-electron chi connectivity index (χ2n) is 7.44. The number of carbonyl (C=O) groups excluding carboxylic acids is 2. The monoisotopic (exact) mass is 459 g/mol. The predicted octanol–water partition coefficient (Wildman–Crippen LogP) is 1.07. The van der Waals surface area contributed by atoms with Gasteiger partial charge in [-0.15, -0.1) is 23.5 Å². The van der Waals surface area contributed by atoms with E-state index in [1.807, 2.05) is 6.92 Å². The molecule has 2 atom stereocenters. The molecular weight excluding hydrogens is 437 g/mol. The molecule has 3 saturated heterocycles. The lowest BCUT2D eigenvalue weighted by Gasteiger charge is -2.42. The smallest absolute Gasteiger partial charge is 0.246 e. The lowest BCUT2D eigenvalue weighted by Crippen LogP contribution is -2.60. The summed E-state index contributed by atoms with van der Waals surface area (Å²) in [6.07, 6.45) is 0. The van der Waals surface area contributed by atoms with Crippen molar-refractivity contribution in [1.29, 1.82) is 0 Å². The number of nitrogens with zero attached hydrogens (tertiary/aromatic N) is 3. The molecule has 0 spiro atoms. The van der Waals surface area contributed by atoms with Crippen LogP contribution in [-0.4, -0.2) is 88.7 Å². The minimum atomic E-state index is -3.73. The number of hydrogen-bond donors (Lipinski definition) is 0. The van der Waals surface area contributed by atoms with E-state index in [9.17, 15) is 22.4 Å². The molecule has 11 heteroatoms. The van der Waals surface area contributed by atoms with Crippen LogP contribution in [0.3, 0.4) is 0 Å². The van der Waals surface area contributed by atoms with Gasteiger partial charge in [-0.1, -0.05) is 0 Å². The highest BCUT2D eigenvalue weighted by atomic mass is 32.2. The van der Waals surface area contributed by atoms with Gasteiger partial charge in [0.2, 0.25) is 21.8 Å². The Balaban J connectivity index is 1.42. The zero-order chi connectivity index (χ0) is 20.8. The van der Waals surface area contributed by atoms with E-state index in [1.165, 1.54) is 16.4 Å². The van der Waals surface area contributed by atoms with Crippen molar-refractivity contribution in [2.45, 2.75) is 22.7 Å². The highest BCUT2D eigenvalue weighted by molar-refractivity contribution is 8.04. The van der Waals surface area contributed by atoms with Gasteiger partial charge in [0, 0.05) is 37.7 Å². The average Bonchev–Trinajstić information content (AvgIpc) is 3.06. The Bertz CT molecular complexity index is 919. The first-order valence-electron chi connectivity index (χ1n) is 9.31. The van der Waals surface area contributed by atoms with E-state index in [-0.39, 0.29) is 47.8 Å². The summed E-state index contributed by atoms with van der Waals surface area (Å²) in [5, 5.41) is 0. The van der Waals surface area contributed by atoms with Crippen LogP contribution in [0.5, 0.6) is 0 Å². The zero-order valence-electron chi connectivity index (χ0n) is 15.9. The number of sulfonamides is 1. The van der Waals surface area contributed by atoms with Gasteiger partial charge in [-0.05, 0) is 31.2 Å². The van der Waals surface area contributed by atoms with Crippen LogP contribution < -0.4 is 0 Å². The minimum absolute atomic E-state index is 0.00961. The first kappa shape index (κ1) is 21.0. The maximum atomic E-state index is 13.1. The largest absolute Gasteiger partial charge is 0.338 e. The maximum absolute atomic E-state index is 13.1. The van der Waals surface area contributed by atoms with E-state index in [2.05, 4.69) is 0 Å². The van der Waals surface area contributed by atoms with E-state index in [4.69, 9.17) is 0 Å². The fourth-order valence-corrected chi connectivity index (χ4v) is 8.09. The molecule has 0 radical (unpaired) electrons. The van der Waals surface area contributed by atoms with E-state index >= 15 is 0 Å². The molecule has 0 saturated carbocycles. The van der Waals surface area contributed by atoms with Crippen LogP contribution >= 0.6 is 23.5 Å². The molecule has 1 aromatic carbocycles. The Morgan fingerprint density at radius 3 is 2.48 bits per heavy atom. The molecule has 0 unspecified atom stereocenters. The standard InChI is InChI=1S/C18H22FN3O4S3/c1-18-12-27-11-16(23)22(18)15(10-28-18)17(24)20-6-8-21(9-7-20)29(25,26)14-4-2-13(19)3-5-14/h2-5,15H,6-12H2,1H3/t15-,18-/m1/s1. The Kier molecular flexibility index (Phi) is 5.60. The lowest BCUT2D eigenvalue weighted by atomic mass is 10.1. The van der Waals surface area contributed by atoms with Gasteiger partial charge < -0.3 is 9.80 Å².